The van der Waals surface area contributed by atoms with Gasteiger partial charge in [-0.1, -0.05) is 89.5 Å². The van der Waals surface area contributed by atoms with Gasteiger partial charge in [-0.3, -0.25) is 0 Å². The van der Waals surface area contributed by atoms with E-state index in [1.54, 1.807) is 0 Å². The molecule has 0 aliphatic heterocycles. The van der Waals surface area contributed by atoms with Crippen molar-refractivity contribution in [2.45, 2.75) is 84.5 Å². The number of hydrogen-bond donors (Lipinski definition) is 0. The standard InChI is InChI=1S/C20H33/c1-3-5-7-9-10-12-14-20-17-15-19(16-18-20)13-11-8-6-4-2/h14-18H,3-13H2,1-2H3. The van der Waals surface area contributed by atoms with Crippen molar-refractivity contribution in [1.82, 2.24) is 0 Å². The molecule has 1 aromatic rings. The Balaban J connectivity index is 2.12. The first-order valence-electron chi connectivity index (χ1n) is 8.79. The summed E-state index contributed by atoms with van der Waals surface area (Å²) < 4.78 is 0. The second-order valence-corrected chi connectivity index (χ2v) is 5.96. The summed E-state index contributed by atoms with van der Waals surface area (Å²) in [7, 11) is 0. The van der Waals surface area contributed by atoms with E-state index in [4.69, 9.17) is 0 Å². The fourth-order valence-electron chi connectivity index (χ4n) is 2.59. The molecular weight excluding hydrogens is 240 g/mol. The first-order chi connectivity index (χ1) is 9.86. The summed E-state index contributed by atoms with van der Waals surface area (Å²) in [6.45, 7) is 4.54. The van der Waals surface area contributed by atoms with Crippen molar-refractivity contribution >= 4 is 0 Å². The zero-order valence-electron chi connectivity index (χ0n) is 13.7. The van der Waals surface area contributed by atoms with E-state index in [0.29, 0.717) is 0 Å². The lowest BCUT2D eigenvalue weighted by Gasteiger charge is -2.04. The highest BCUT2D eigenvalue weighted by Crippen LogP contribution is 2.14. The Labute approximate surface area is 127 Å². The molecule has 0 fully saturated rings. The average molecular weight is 273 g/mol. The van der Waals surface area contributed by atoms with Crippen molar-refractivity contribution in [3.63, 3.8) is 0 Å². The summed E-state index contributed by atoms with van der Waals surface area (Å²) in [5.41, 5.74) is 2.90. The largest absolute Gasteiger partial charge is 0.0654 e. The summed E-state index contributed by atoms with van der Waals surface area (Å²) >= 11 is 0. The van der Waals surface area contributed by atoms with E-state index in [0.717, 1.165) is 0 Å². The van der Waals surface area contributed by atoms with Crippen molar-refractivity contribution in [2.75, 3.05) is 0 Å². The monoisotopic (exact) mass is 273 g/mol. The third kappa shape index (κ3) is 8.40. The van der Waals surface area contributed by atoms with E-state index in [2.05, 4.69) is 44.5 Å². The summed E-state index contributed by atoms with van der Waals surface area (Å²) in [5, 5.41) is 0. The highest BCUT2D eigenvalue weighted by molar-refractivity contribution is 5.27. The van der Waals surface area contributed by atoms with Gasteiger partial charge in [-0.2, -0.15) is 0 Å². The van der Waals surface area contributed by atoms with Gasteiger partial charge >= 0.3 is 0 Å². The molecule has 0 saturated heterocycles. The molecule has 0 atom stereocenters. The number of benzene rings is 1. The van der Waals surface area contributed by atoms with Crippen LogP contribution in [0.25, 0.3) is 0 Å². The van der Waals surface area contributed by atoms with Crippen molar-refractivity contribution in [2.24, 2.45) is 0 Å². The van der Waals surface area contributed by atoms with Crippen molar-refractivity contribution in [3.8, 4) is 0 Å². The fraction of sp³-hybridized carbons (Fsp3) is 0.650. The van der Waals surface area contributed by atoms with Gasteiger partial charge in [0.1, 0.15) is 0 Å². The van der Waals surface area contributed by atoms with E-state index < -0.39 is 0 Å². The Morgan fingerprint density at radius 1 is 0.700 bits per heavy atom. The molecule has 0 heterocycles. The highest BCUT2D eigenvalue weighted by atomic mass is 14.0. The van der Waals surface area contributed by atoms with E-state index in [9.17, 15) is 0 Å². The first kappa shape index (κ1) is 17.3. The van der Waals surface area contributed by atoms with Gasteiger partial charge in [0.05, 0.1) is 0 Å². The predicted octanol–water partition coefficient (Wildman–Crippen LogP) is 6.72. The molecule has 1 aromatic carbocycles. The van der Waals surface area contributed by atoms with Crippen LogP contribution in [-0.4, -0.2) is 0 Å². The maximum absolute atomic E-state index is 2.40. The van der Waals surface area contributed by atoms with Crippen molar-refractivity contribution in [1.29, 1.82) is 0 Å². The zero-order valence-corrected chi connectivity index (χ0v) is 13.7. The molecule has 0 aromatic heterocycles. The zero-order chi connectivity index (χ0) is 14.5. The minimum atomic E-state index is 1.24. The van der Waals surface area contributed by atoms with Crippen molar-refractivity contribution in [3.05, 3.63) is 41.8 Å². The van der Waals surface area contributed by atoms with Crippen LogP contribution in [0.2, 0.25) is 0 Å². The molecule has 0 N–H and O–H groups in total. The summed E-state index contributed by atoms with van der Waals surface area (Å²) in [6.07, 6.45) is 17.2. The Morgan fingerprint density at radius 3 is 1.95 bits per heavy atom. The Bertz CT molecular complexity index is 309. The average Bonchev–Trinajstić information content (AvgIpc) is 2.49. The molecule has 0 aliphatic rings. The minimum absolute atomic E-state index is 1.24. The molecule has 0 saturated carbocycles. The summed E-state index contributed by atoms with van der Waals surface area (Å²) in [6, 6.07) is 9.21. The Kier molecular flexibility index (Phi) is 10.4. The van der Waals surface area contributed by atoms with Gasteiger partial charge in [-0.25, -0.2) is 0 Å². The Morgan fingerprint density at radius 2 is 1.30 bits per heavy atom. The number of aryl methyl sites for hydroxylation is 1. The van der Waals surface area contributed by atoms with Crippen LogP contribution in [0.5, 0.6) is 0 Å². The van der Waals surface area contributed by atoms with Crippen LogP contribution in [0.15, 0.2) is 24.3 Å². The summed E-state index contributed by atoms with van der Waals surface area (Å²) in [4.78, 5) is 0. The number of unbranched alkanes of at least 4 members (excludes halogenated alkanes) is 8. The van der Waals surface area contributed by atoms with Crippen molar-refractivity contribution < 1.29 is 0 Å². The van der Waals surface area contributed by atoms with Gasteiger partial charge in [0.25, 0.3) is 0 Å². The quantitative estimate of drug-likeness (QED) is 0.371. The number of hydrogen-bond acceptors (Lipinski definition) is 0. The van der Waals surface area contributed by atoms with Crippen LogP contribution < -0.4 is 0 Å². The predicted molar refractivity (Wildman–Crippen MR) is 91.1 cm³/mol. The molecule has 0 spiro atoms. The van der Waals surface area contributed by atoms with Crippen LogP contribution in [0.3, 0.4) is 0 Å². The van der Waals surface area contributed by atoms with E-state index in [-0.39, 0.29) is 0 Å². The lowest BCUT2D eigenvalue weighted by atomic mass is 10.0. The second-order valence-electron chi connectivity index (χ2n) is 5.96. The Hall–Kier alpha value is -0.780. The maximum Gasteiger partial charge on any atom is -0.00931 e. The van der Waals surface area contributed by atoms with Crippen LogP contribution in [0.4, 0.5) is 0 Å². The third-order valence-corrected chi connectivity index (χ3v) is 3.99. The third-order valence-electron chi connectivity index (χ3n) is 3.99. The van der Waals surface area contributed by atoms with Gasteiger partial charge in [0, 0.05) is 0 Å². The number of rotatable bonds is 12. The van der Waals surface area contributed by atoms with Crippen LogP contribution >= 0.6 is 0 Å². The molecule has 0 bridgehead atoms. The van der Waals surface area contributed by atoms with Gasteiger partial charge in [-0.05, 0) is 36.8 Å². The molecule has 1 radical (unpaired) electrons. The molecule has 0 nitrogen and oxygen atoms in total. The minimum Gasteiger partial charge on any atom is -0.0654 e. The van der Waals surface area contributed by atoms with Gasteiger partial charge in [0.15, 0.2) is 0 Å². The van der Waals surface area contributed by atoms with Gasteiger partial charge in [0.2, 0.25) is 0 Å². The SMILES string of the molecule is CCCCCCC[CH]c1ccc(CCCCCC)cc1. The molecule has 1 rings (SSSR count). The lowest BCUT2D eigenvalue weighted by molar-refractivity contribution is 0.631. The van der Waals surface area contributed by atoms with E-state index >= 15 is 0 Å². The molecule has 0 amide bonds. The molecule has 0 heteroatoms. The molecular formula is C20H33. The summed E-state index contributed by atoms with van der Waals surface area (Å²) in [5.74, 6) is 0. The smallest absolute Gasteiger partial charge is 0.00931 e. The normalized spacial score (nSPS) is 10.9. The maximum atomic E-state index is 2.40. The van der Waals surface area contributed by atoms with E-state index in [1.165, 1.54) is 81.8 Å². The first-order valence-corrected chi connectivity index (χ1v) is 8.79. The van der Waals surface area contributed by atoms with Crippen LogP contribution in [0.1, 0.15) is 89.2 Å². The molecule has 0 aliphatic carbocycles. The van der Waals surface area contributed by atoms with E-state index in [1.807, 2.05) is 0 Å². The highest BCUT2D eigenvalue weighted by Gasteiger charge is 1.97. The molecule has 20 heavy (non-hydrogen) atoms. The lowest BCUT2D eigenvalue weighted by Crippen LogP contribution is -1.88. The van der Waals surface area contributed by atoms with Crippen LogP contribution in [-0.2, 0) is 6.42 Å². The molecule has 0 unspecified atom stereocenters. The van der Waals surface area contributed by atoms with Crippen LogP contribution in [0, 0.1) is 6.42 Å². The molecule has 113 valence electrons. The second kappa shape index (κ2) is 12.0. The topological polar surface area (TPSA) is 0 Å². The van der Waals surface area contributed by atoms with Gasteiger partial charge < -0.3 is 0 Å². The van der Waals surface area contributed by atoms with Gasteiger partial charge in [-0.15, -0.1) is 0 Å². The fourth-order valence-corrected chi connectivity index (χ4v) is 2.59.